The van der Waals surface area contributed by atoms with E-state index in [1.54, 1.807) is 14.0 Å². The first kappa shape index (κ1) is 12.2. The van der Waals surface area contributed by atoms with Crippen LogP contribution < -0.4 is 0 Å². The normalized spacial score (nSPS) is 9.88. The number of carbonyl (C=O) groups excluding carboxylic acids is 2. The minimum atomic E-state index is -0.317. The number of nitrogens with zero attached hydrogens (tertiary/aromatic N) is 2. The minimum Gasteiger partial charge on any atom is -0.466 e. The van der Waals surface area contributed by atoms with Crippen molar-refractivity contribution >= 4 is 11.9 Å². The molecular formula is C10H14N2O4. The van der Waals surface area contributed by atoms with Gasteiger partial charge in [0.1, 0.15) is 6.26 Å². The lowest BCUT2D eigenvalue weighted by atomic mass is 10.3. The molecular weight excluding hydrogens is 212 g/mol. The molecule has 6 heteroatoms. The summed E-state index contributed by atoms with van der Waals surface area (Å²) in [5.41, 5.74) is 0.228. The number of hydrogen-bond donors (Lipinski definition) is 0. The van der Waals surface area contributed by atoms with E-state index in [9.17, 15) is 9.59 Å². The molecule has 0 aliphatic carbocycles. The molecule has 0 spiro atoms. The molecule has 1 amide bonds. The molecule has 0 aliphatic rings. The third-order valence-corrected chi connectivity index (χ3v) is 1.96. The molecule has 6 nitrogen and oxygen atoms in total. The van der Waals surface area contributed by atoms with Gasteiger partial charge in [-0.25, -0.2) is 0 Å². The summed E-state index contributed by atoms with van der Waals surface area (Å²) in [5.74, 6) is -0.597. The Morgan fingerprint density at radius 2 is 2.31 bits per heavy atom. The van der Waals surface area contributed by atoms with E-state index in [-0.39, 0.29) is 24.0 Å². The van der Waals surface area contributed by atoms with Gasteiger partial charge in [0.05, 0.1) is 13.0 Å². The molecule has 0 aliphatic heterocycles. The van der Waals surface area contributed by atoms with E-state index in [0.29, 0.717) is 13.2 Å². The summed E-state index contributed by atoms with van der Waals surface area (Å²) < 4.78 is 9.31. The second-order valence-corrected chi connectivity index (χ2v) is 3.17. The van der Waals surface area contributed by atoms with Crippen molar-refractivity contribution in [3.63, 3.8) is 0 Å². The van der Waals surface area contributed by atoms with E-state index in [1.165, 1.54) is 17.2 Å². The predicted molar refractivity (Wildman–Crippen MR) is 54.7 cm³/mol. The second kappa shape index (κ2) is 5.89. The number of carbonyl (C=O) groups is 2. The van der Waals surface area contributed by atoms with Crippen molar-refractivity contribution in [2.75, 3.05) is 20.2 Å². The first-order valence-corrected chi connectivity index (χ1v) is 4.96. The molecule has 0 saturated heterocycles. The van der Waals surface area contributed by atoms with Crippen LogP contribution in [-0.2, 0) is 9.53 Å². The Morgan fingerprint density at radius 3 is 2.88 bits per heavy atom. The molecule has 0 radical (unpaired) electrons. The van der Waals surface area contributed by atoms with Crippen LogP contribution in [0.4, 0.5) is 0 Å². The van der Waals surface area contributed by atoms with Gasteiger partial charge in [0, 0.05) is 19.7 Å². The first-order chi connectivity index (χ1) is 7.65. The van der Waals surface area contributed by atoms with Gasteiger partial charge < -0.3 is 14.2 Å². The van der Waals surface area contributed by atoms with Gasteiger partial charge in [-0.15, -0.1) is 0 Å². The molecule has 1 heterocycles. The minimum absolute atomic E-state index is 0.175. The van der Waals surface area contributed by atoms with Crippen molar-refractivity contribution in [2.24, 2.45) is 0 Å². The van der Waals surface area contributed by atoms with Gasteiger partial charge >= 0.3 is 5.97 Å². The Morgan fingerprint density at radius 1 is 1.56 bits per heavy atom. The van der Waals surface area contributed by atoms with Crippen LogP contribution in [0.5, 0.6) is 0 Å². The van der Waals surface area contributed by atoms with E-state index in [4.69, 9.17) is 4.74 Å². The fourth-order valence-electron chi connectivity index (χ4n) is 1.11. The Bertz CT molecular complexity index is 348. The van der Waals surface area contributed by atoms with Gasteiger partial charge in [0.15, 0.2) is 5.69 Å². The molecule has 0 atom stereocenters. The number of hydrogen-bond acceptors (Lipinski definition) is 5. The Balaban J connectivity index is 2.38. The van der Waals surface area contributed by atoms with Crippen LogP contribution in [0.15, 0.2) is 16.9 Å². The number of ether oxygens (including phenoxy) is 1. The van der Waals surface area contributed by atoms with E-state index < -0.39 is 0 Å². The zero-order valence-corrected chi connectivity index (χ0v) is 9.30. The fourth-order valence-corrected chi connectivity index (χ4v) is 1.11. The highest BCUT2D eigenvalue weighted by Gasteiger charge is 2.15. The van der Waals surface area contributed by atoms with Gasteiger partial charge in [-0.3, -0.25) is 9.59 Å². The molecule has 0 aromatic carbocycles. The number of aromatic nitrogens is 1. The molecule has 16 heavy (non-hydrogen) atoms. The summed E-state index contributed by atoms with van der Waals surface area (Å²) in [7, 11) is 1.59. The summed E-state index contributed by atoms with van der Waals surface area (Å²) in [6.07, 6.45) is 1.50. The van der Waals surface area contributed by atoms with E-state index in [2.05, 4.69) is 9.68 Å². The highest BCUT2D eigenvalue weighted by molar-refractivity contribution is 5.92. The highest BCUT2D eigenvalue weighted by Crippen LogP contribution is 2.01. The van der Waals surface area contributed by atoms with Crippen molar-refractivity contribution in [1.29, 1.82) is 0 Å². The molecule has 0 fully saturated rings. The van der Waals surface area contributed by atoms with E-state index in [0.717, 1.165) is 0 Å². The van der Waals surface area contributed by atoms with Gasteiger partial charge in [-0.05, 0) is 6.92 Å². The Hall–Kier alpha value is -1.85. The summed E-state index contributed by atoms with van der Waals surface area (Å²) >= 11 is 0. The average Bonchev–Trinajstić information content (AvgIpc) is 2.78. The molecule has 88 valence electrons. The van der Waals surface area contributed by atoms with Crippen LogP contribution in [-0.4, -0.2) is 42.1 Å². The van der Waals surface area contributed by atoms with Crippen molar-refractivity contribution < 1.29 is 18.8 Å². The van der Waals surface area contributed by atoms with Gasteiger partial charge in [-0.2, -0.15) is 0 Å². The van der Waals surface area contributed by atoms with Gasteiger partial charge in [-0.1, -0.05) is 5.16 Å². The highest BCUT2D eigenvalue weighted by atomic mass is 16.5. The maximum atomic E-state index is 11.6. The summed E-state index contributed by atoms with van der Waals surface area (Å²) in [6, 6.07) is 1.48. The summed E-state index contributed by atoms with van der Waals surface area (Å²) in [5, 5.41) is 3.52. The zero-order valence-electron chi connectivity index (χ0n) is 9.30. The van der Waals surface area contributed by atoms with Crippen molar-refractivity contribution in [3.05, 3.63) is 18.0 Å². The number of rotatable bonds is 5. The van der Waals surface area contributed by atoms with Crippen LogP contribution in [0.25, 0.3) is 0 Å². The lowest BCUT2D eigenvalue weighted by molar-refractivity contribution is -0.143. The smallest absolute Gasteiger partial charge is 0.307 e. The summed E-state index contributed by atoms with van der Waals surface area (Å²) in [6.45, 7) is 2.38. The van der Waals surface area contributed by atoms with E-state index in [1.807, 2.05) is 0 Å². The molecule has 0 saturated carbocycles. The lowest BCUT2D eigenvalue weighted by Gasteiger charge is -2.14. The lowest BCUT2D eigenvalue weighted by Crippen LogP contribution is -2.29. The molecule has 1 aromatic heterocycles. The topological polar surface area (TPSA) is 72.6 Å². The van der Waals surface area contributed by atoms with Crippen LogP contribution in [0.1, 0.15) is 23.8 Å². The SMILES string of the molecule is CCOC(=O)CCN(C)C(=O)c1ccon1. The second-order valence-electron chi connectivity index (χ2n) is 3.17. The van der Waals surface area contributed by atoms with Crippen molar-refractivity contribution in [3.8, 4) is 0 Å². The molecule has 1 aromatic rings. The molecule has 1 rings (SSSR count). The Kier molecular flexibility index (Phi) is 4.50. The Labute approximate surface area is 93.1 Å². The predicted octanol–water partition coefficient (Wildman–Crippen LogP) is 0.700. The van der Waals surface area contributed by atoms with Crippen LogP contribution in [0.2, 0.25) is 0 Å². The quantitative estimate of drug-likeness (QED) is 0.691. The first-order valence-electron chi connectivity index (χ1n) is 4.96. The van der Waals surface area contributed by atoms with Gasteiger partial charge in [0.2, 0.25) is 0 Å². The van der Waals surface area contributed by atoms with Crippen LogP contribution in [0, 0.1) is 0 Å². The van der Waals surface area contributed by atoms with E-state index >= 15 is 0 Å². The third kappa shape index (κ3) is 3.38. The average molecular weight is 226 g/mol. The monoisotopic (exact) mass is 226 g/mol. The molecule has 0 bridgehead atoms. The number of esters is 1. The number of amides is 1. The van der Waals surface area contributed by atoms with Crippen LogP contribution >= 0.6 is 0 Å². The standard InChI is InChI=1S/C10H14N2O4/c1-3-15-9(13)4-6-12(2)10(14)8-5-7-16-11-8/h5,7H,3-4,6H2,1-2H3. The maximum absolute atomic E-state index is 11.6. The third-order valence-electron chi connectivity index (χ3n) is 1.96. The van der Waals surface area contributed by atoms with Crippen molar-refractivity contribution in [1.82, 2.24) is 10.1 Å². The fraction of sp³-hybridized carbons (Fsp3) is 0.500. The molecule has 0 unspecified atom stereocenters. The van der Waals surface area contributed by atoms with Crippen LogP contribution in [0.3, 0.4) is 0 Å². The van der Waals surface area contributed by atoms with Gasteiger partial charge in [0.25, 0.3) is 5.91 Å². The zero-order chi connectivity index (χ0) is 12.0. The summed E-state index contributed by atoms with van der Waals surface area (Å²) in [4.78, 5) is 24.1. The molecule has 0 N–H and O–H groups in total. The largest absolute Gasteiger partial charge is 0.466 e. The maximum Gasteiger partial charge on any atom is 0.307 e. The van der Waals surface area contributed by atoms with Crippen molar-refractivity contribution in [2.45, 2.75) is 13.3 Å².